The number of unbranched alkanes of at least 4 members (excludes halogenated alkanes) is 1. The number of para-hydroxylation sites is 2. The van der Waals surface area contributed by atoms with Crippen molar-refractivity contribution in [2.45, 2.75) is 33.2 Å². The molecule has 0 spiro atoms. The van der Waals surface area contributed by atoms with E-state index in [1.807, 2.05) is 28.8 Å². The lowest BCUT2D eigenvalue weighted by Crippen LogP contribution is -2.28. The van der Waals surface area contributed by atoms with Crippen LogP contribution >= 0.6 is 0 Å². The Bertz CT molecular complexity index is 834. The van der Waals surface area contributed by atoms with Gasteiger partial charge < -0.3 is 9.88 Å². The van der Waals surface area contributed by atoms with E-state index in [-0.39, 0.29) is 12.5 Å². The van der Waals surface area contributed by atoms with Crippen LogP contribution in [0.4, 0.5) is 0 Å². The molecule has 0 saturated heterocycles. The van der Waals surface area contributed by atoms with Gasteiger partial charge in [0, 0.05) is 12.1 Å². The molecule has 0 aliphatic rings. The molecular weight excluding hydrogens is 298 g/mol. The van der Waals surface area contributed by atoms with Gasteiger partial charge in [-0.1, -0.05) is 55.3 Å². The first-order chi connectivity index (χ1) is 11.7. The number of imidazole rings is 1. The maximum Gasteiger partial charge on any atom is 0.240 e. The highest BCUT2D eigenvalue weighted by molar-refractivity contribution is 5.84. The molecule has 0 fully saturated rings. The van der Waals surface area contributed by atoms with Gasteiger partial charge in [-0.2, -0.15) is 0 Å². The molecule has 124 valence electrons. The zero-order valence-electron chi connectivity index (χ0n) is 14.2. The van der Waals surface area contributed by atoms with E-state index < -0.39 is 0 Å². The Morgan fingerprint density at radius 3 is 2.62 bits per heavy atom. The van der Waals surface area contributed by atoms with Crippen LogP contribution in [0.3, 0.4) is 0 Å². The van der Waals surface area contributed by atoms with Crippen LogP contribution in [0.15, 0.2) is 48.5 Å². The van der Waals surface area contributed by atoms with Crippen LogP contribution < -0.4 is 5.32 Å². The Labute approximate surface area is 142 Å². The number of nitrogens with zero attached hydrogens (tertiary/aromatic N) is 2. The number of carbonyl (C=O) groups excluding carboxylic acids is 1. The average Bonchev–Trinajstić information content (AvgIpc) is 2.94. The van der Waals surface area contributed by atoms with Gasteiger partial charge in [0.25, 0.3) is 0 Å². The topological polar surface area (TPSA) is 46.9 Å². The number of benzene rings is 2. The van der Waals surface area contributed by atoms with Gasteiger partial charge in [-0.3, -0.25) is 4.79 Å². The second-order valence-electron chi connectivity index (χ2n) is 6.08. The summed E-state index contributed by atoms with van der Waals surface area (Å²) in [6, 6.07) is 16.2. The van der Waals surface area contributed by atoms with Crippen molar-refractivity contribution in [3.63, 3.8) is 0 Å². The minimum absolute atomic E-state index is 0.0277. The summed E-state index contributed by atoms with van der Waals surface area (Å²) < 4.78 is 2.00. The Morgan fingerprint density at radius 2 is 1.88 bits per heavy atom. The number of aromatic nitrogens is 2. The van der Waals surface area contributed by atoms with Crippen LogP contribution in [0.2, 0.25) is 0 Å². The van der Waals surface area contributed by atoms with Gasteiger partial charge in [0.2, 0.25) is 5.91 Å². The first-order valence-electron chi connectivity index (χ1n) is 8.48. The SMILES string of the molecule is CCCCNC(=O)Cn1c(-c2ccc(C)cc2)nc2ccccc21. The lowest BCUT2D eigenvalue weighted by atomic mass is 10.1. The predicted octanol–water partition coefficient (Wildman–Crippen LogP) is 3.93. The van der Waals surface area contributed by atoms with Gasteiger partial charge in [0.05, 0.1) is 11.0 Å². The average molecular weight is 321 g/mol. The first kappa shape index (κ1) is 16.2. The van der Waals surface area contributed by atoms with Crippen molar-refractivity contribution >= 4 is 16.9 Å². The molecule has 1 aromatic heterocycles. The van der Waals surface area contributed by atoms with Crippen LogP contribution in [0.1, 0.15) is 25.3 Å². The maximum atomic E-state index is 12.3. The zero-order valence-corrected chi connectivity index (χ0v) is 14.2. The molecule has 1 amide bonds. The monoisotopic (exact) mass is 321 g/mol. The van der Waals surface area contributed by atoms with Crippen LogP contribution in [0.25, 0.3) is 22.4 Å². The molecule has 0 unspecified atom stereocenters. The van der Waals surface area contributed by atoms with Gasteiger partial charge >= 0.3 is 0 Å². The van der Waals surface area contributed by atoms with Crippen LogP contribution in [-0.4, -0.2) is 22.0 Å². The number of carbonyl (C=O) groups is 1. The summed E-state index contributed by atoms with van der Waals surface area (Å²) in [5, 5.41) is 2.99. The van der Waals surface area contributed by atoms with E-state index in [1.165, 1.54) is 5.56 Å². The van der Waals surface area contributed by atoms with Crippen molar-refractivity contribution in [1.82, 2.24) is 14.9 Å². The van der Waals surface area contributed by atoms with Crippen LogP contribution in [-0.2, 0) is 11.3 Å². The lowest BCUT2D eigenvalue weighted by Gasteiger charge is -2.10. The number of amides is 1. The third kappa shape index (κ3) is 3.48. The molecule has 4 heteroatoms. The van der Waals surface area contributed by atoms with Crippen LogP contribution in [0.5, 0.6) is 0 Å². The van der Waals surface area contributed by atoms with Crippen LogP contribution in [0, 0.1) is 6.92 Å². The van der Waals surface area contributed by atoms with Gasteiger partial charge in [-0.15, -0.1) is 0 Å². The molecule has 1 N–H and O–H groups in total. The molecule has 1 heterocycles. The van der Waals surface area contributed by atoms with Crippen molar-refractivity contribution in [3.8, 4) is 11.4 Å². The molecule has 0 saturated carbocycles. The van der Waals surface area contributed by atoms with E-state index in [9.17, 15) is 4.79 Å². The second-order valence-corrected chi connectivity index (χ2v) is 6.08. The third-order valence-corrected chi connectivity index (χ3v) is 4.12. The summed E-state index contributed by atoms with van der Waals surface area (Å²) in [5.41, 5.74) is 4.13. The normalized spacial score (nSPS) is 10.9. The number of fused-ring (bicyclic) bond motifs is 1. The van der Waals surface area contributed by atoms with Crippen molar-refractivity contribution in [3.05, 3.63) is 54.1 Å². The van der Waals surface area contributed by atoms with E-state index in [0.29, 0.717) is 0 Å². The van der Waals surface area contributed by atoms with E-state index in [1.54, 1.807) is 0 Å². The molecule has 0 aliphatic carbocycles. The van der Waals surface area contributed by atoms with E-state index in [4.69, 9.17) is 4.98 Å². The Morgan fingerprint density at radius 1 is 1.12 bits per heavy atom. The quantitative estimate of drug-likeness (QED) is 0.699. The molecule has 2 aromatic carbocycles. The highest BCUT2D eigenvalue weighted by Gasteiger charge is 2.14. The summed E-state index contributed by atoms with van der Waals surface area (Å²) in [4.78, 5) is 17.1. The summed E-state index contributed by atoms with van der Waals surface area (Å²) in [7, 11) is 0. The predicted molar refractivity (Wildman–Crippen MR) is 97.8 cm³/mol. The van der Waals surface area contributed by atoms with Gasteiger partial charge in [-0.05, 0) is 25.5 Å². The number of hydrogen-bond donors (Lipinski definition) is 1. The summed E-state index contributed by atoms with van der Waals surface area (Å²) in [6.45, 7) is 5.19. The largest absolute Gasteiger partial charge is 0.355 e. The molecule has 0 radical (unpaired) electrons. The fourth-order valence-electron chi connectivity index (χ4n) is 2.76. The lowest BCUT2D eigenvalue weighted by molar-refractivity contribution is -0.121. The number of hydrogen-bond acceptors (Lipinski definition) is 2. The number of rotatable bonds is 6. The third-order valence-electron chi connectivity index (χ3n) is 4.12. The highest BCUT2D eigenvalue weighted by atomic mass is 16.1. The Kier molecular flexibility index (Phi) is 4.94. The number of aryl methyl sites for hydroxylation is 1. The van der Waals surface area contributed by atoms with E-state index >= 15 is 0 Å². The molecule has 24 heavy (non-hydrogen) atoms. The molecule has 0 atom stereocenters. The standard InChI is InChI=1S/C20H23N3O/c1-3-4-13-21-19(24)14-23-18-8-6-5-7-17(18)22-20(23)16-11-9-15(2)10-12-16/h5-12H,3-4,13-14H2,1-2H3,(H,21,24). The highest BCUT2D eigenvalue weighted by Crippen LogP contribution is 2.25. The summed E-state index contributed by atoms with van der Waals surface area (Å²) >= 11 is 0. The van der Waals surface area contributed by atoms with E-state index in [2.05, 4.69) is 43.4 Å². The van der Waals surface area contributed by atoms with Gasteiger partial charge in [-0.25, -0.2) is 4.98 Å². The van der Waals surface area contributed by atoms with Gasteiger partial charge in [0.1, 0.15) is 12.4 Å². The maximum absolute atomic E-state index is 12.3. The molecule has 3 aromatic rings. The fourth-order valence-corrected chi connectivity index (χ4v) is 2.76. The molecular formula is C20H23N3O. The van der Waals surface area contributed by atoms with E-state index in [0.717, 1.165) is 41.8 Å². The summed E-state index contributed by atoms with van der Waals surface area (Å²) in [6.07, 6.45) is 2.07. The number of nitrogens with one attached hydrogen (secondary N) is 1. The van der Waals surface area contributed by atoms with Gasteiger partial charge in [0.15, 0.2) is 0 Å². The molecule has 3 rings (SSSR count). The smallest absolute Gasteiger partial charge is 0.240 e. The van der Waals surface area contributed by atoms with Crippen molar-refractivity contribution in [2.75, 3.05) is 6.54 Å². The zero-order chi connectivity index (χ0) is 16.9. The molecule has 4 nitrogen and oxygen atoms in total. The minimum Gasteiger partial charge on any atom is -0.355 e. The first-order valence-corrected chi connectivity index (χ1v) is 8.48. The molecule has 0 aliphatic heterocycles. The van der Waals surface area contributed by atoms with Crippen molar-refractivity contribution < 1.29 is 4.79 Å². The fraction of sp³-hybridized carbons (Fsp3) is 0.300. The minimum atomic E-state index is 0.0277. The van der Waals surface area contributed by atoms with Crippen molar-refractivity contribution in [1.29, 1.82) is 0 Å². The molecule has 0 bridgehead atoms. The Hall–Kier alpha value is -2.62. The van der Waals surface area contributed by atoms with Crippen molar-refractivity contribution in [2.24, 2.45) is 0 Å². The summed E-state index contributed by atoms with van der Waals surface area (Å²) in [5.74, 6) is 0.863. The Balaban J connectivity index is 1.96. The second kappa shape index (κ2) is 7.30.